The Kier molecular flexibility index (Phi) is 5.29. The minimum absolute atomic E-state index is 0.0196. The van der Waals surface area contributed by atoms with Crippen LogP contribution in [-0.4, -0.2) is 36.3 Å². The van der Waals surface area contributed by atoms with Crippen molar-refractivity contribution in [1.82, 2.24) is 4.31 Å². The van der Waals surface area contributed by atoms with E-state index in [-0.39, 0.29) is 16.8 Å². The topological polar surface area (TPSA) is 37.4 Å². The highest BCUT2D eigenvalue weighted by Crippen LogP contribution is 2.31. The van der Waals surface area contributed by atoms with Crippen molar-refractivity contribution in [3.8, 4) is 0 Å². The molecule has 0 radical (unpaired) electrons. The van der Waals surface area contributed by atoms with Crippen molar-refractivity contribution in [3.63, 3.8) is 0 Å². The van der Waals surface area contributed by atoms with Crippen LogP contribution in [0.15, 0.2) is 23.1 Å². The summed E-state index contributed by atoms with van der Waals surface area (Å²) in [7, 11) is -3.49. The SMILES string of the molecule is CC1SCCN(S(=O)(=O)c2ccc(Cl)c(CCl)c2)C1C. The van der Waals surface area contributed by atoms with Crippen molar-refractivity contribution in [1.29, 1.82) is 0 Å². The van der Waals surface area contributed by atoms with Crippen LogP contribution in [-0.2, 0) is 15.9 Å². The number of rotatable bonds is 3. The molecule has 112 valence electrons. The molecule has 0 saturated carbocycles. The Hall–Kier alpha value is 0.0600. The maximum Gasteiger partial charge on any atom is 0.243 e. The van der Waals surface area contributed by atoms with Crippen LogP contribution < -0.4 is 0 Å². The number of thioether (sulfide) groups is 1. The molecule has 2 unspecified atom stereocenters. The molecule has 0 bridgehead atoms. The van der Waals surface area contributed by atoms with Crippen LogP contribution in [0.1, 0.15) is 19.4 Å². The summed E-state index contributed by atoms with van der Waals surface area (Å²) < 4.78 is 27.1. The third kappa shape index (κ3) is 3.12. The first-order valence-corrected chi connectivity index (χ1v) is 9.76. The molecule has 1 saturated heterocycles. The van der Waals surface area contributed by atoms with Gasteiger partial charge in [0, 0.05) is 34.5 Å². The lowest BCUT2D eigenvalue weighted by atomic mass is 10.2. The molecule has 1 heterocycles. The van der Waals surface area contributed by atoms with Gasteiger partial charge < -0.3 is 0 Å². The normalized spacial score (nSPS) is 24.8. The van der Waals surface area contributed by atoms with Crippen molar-refractivity contribution in [3.05, 3.63) is 28.8 Å². The Balaban J connectivity index is 2.39. The zero-order valence-electron chi connectivity index (χ0n) is 11.3. The molecule has 0 aliphatic carbocycles. The number of benzene rings is 1. The molecule has 0 aromatic heterocycles. The molecular weight excluding hydrogens is 337 g/mol. The lowest BCUT2D eigenvalue weighted by Crippen LogP contribution is -2.47. The molecular formula is C13H17Cl2NO2S2. The van der Waals surface area contributed by atoms with E-state index < -0.39 is 10.0 Å². The zero-order valence-corrected chi connectivity index (χ0v) is 14.5. The Morgan fingerprint density at radius 1 is 1.40 bits per heavy atom. The van der Waals surface area contributed by atoms with Crippen molar-refractivity contribution in [2.75, 3.05) is 12.3 Å². The lowest BCUT2D eigenvalue weighted by Gasteiger charge is -2.36. The maximum absolute atomic E-state index is 12.8. The molecule has 1 aliphatic heterocycles. The molecule has 1 aromatic carbocycles. The molecule has 1 aromatic rings. The second-order valence-corrected chi connectivity index (χ2v) is 8.87. The predicted octanol–water partition coefficient (Wildman–Crippen LogP) is 3.59. The van der Waals surface area contributed by atoms with E-state index in [4.69, 9.17) is 23.2 Å². The van der Waals surface area contributed by atoms with Gasteiger partial charge in [0.2, 0.25) is 10.0 Å². The largest absolute Gasteiger partial charge is 0.243 e. The van der Waals surface area contributed by atoms with Gasteiger partial charge in [-0.05, 0) is 30.7 Å². The van der Waals surface area contributed by atoms with E-state index in [1.807, 2.05) is 6.92 Å². The number of sulfonamides is 1. The standard InChI is InChI=1S/C13H17Cl2NO2S2/c1-9-10(2)19-6-5-16(9)20(17,18)12-3-4-13(15)11(7-12)8-14/h3-4,7,9-10H,5-6,8H2,1-2H3. The summed E-state index contributed by atoms with van der Waals surface area (Å²) in [6.45, 7) is 4.55. The molecule has 7 heteroatoms. The smallest absolute Gasteiger partial charge is 0.207 e. The van der Waals surface area contributed by atoms with Gasteiger partial charge in [0.05, 0.1) is 4.90 Å². The van der Waals surface area contributed by atoms with Gasteiger partial charge in [0.25, 0.3) is 0 Å². The molecule has 1 aliphatic rings. The number of alkyl halides is 1. The van der Waals surface area contributed by atoms with Crippen LogP contribution in [0.3, 0.4) is 0 Å². The molecule has 2 rings (SSSR count). The van der Waals surface area contributed by atoms with Crippen LogP contribution in [0.2, 0.25) is 5.02 Å². The lowest BCUT2D eigenvalue weighted by molar-refractivity contribution is 0.340. The molecule has 3 nitrogen and oxygen atoms in total. The van der Waals surface area contributed by atoms with Crippen LogP contribution in [0.25, 0.3) is 0 Å². The minimum atomic E-state index is -3.49. The number of nitrogens with zero attached hydrogens (tertiary/aromatic N) is 1. The zero-order chi connectivity index (χ0) is 14.9. The van der Waals surface area contributed by atoms with Gasteiger partial charge in [-0.1, -0.05) is 18.5 Å². The molecule has 0 amide bonds. The second kappa shape index (κ2) is 6.44. The van der Waals surface area contributed by atoms with Gasteiger partial charge in [-0.3, -0.25) is 0 Å². The van der Waals surface area contributed by atoms with Gasteiger partial charge in [0.15, 0.2) is 0 Å². The highest BCUT2D eigenvalue weighted by Gasteiger charge is 2.35. The number of hydrogen-bond donors (Lipinski definition) is 0. The molecule has 0 N–H and O–H groups in total. The highest BCUT2D eigenvalue weighted by atomic mass is 35.5. The van der Waals surface area contributed by atoms with Crippen molar-refractivity contribution >= 4 is 45.0 Å². The van der Waals surface area contributed by atoms with Gasteiger partial charge in [-0.25, -0.2) is 8.42 Å². The Bertz CT molecular complexity index is 592. The van der Waals surface area contributed by atoms with E-state index in [0.29, 0.717) is 22.4 Å². The monoisotopic (exact) mass is 353 g/mol. The van der Waals surface area contributed by atoms with Crippen LogP contribution in [0.5, 0.6) is 0 Å². The molecule has 20 heavy (non-hydrogen) atoms. The predicted molar refractivity (Wildman–Crippen MR) is 86.3 cm³/mol. The second-order valence-electron chi connectivity index (χ2n) is 4.82. The Morgan fingerprint density at radius 3 is 2.75 bits per heavy atom. The van der Waals surface area contributed by atoms with E-state index in [2.05, 4.69) is 6.92 Å². The fourth-order valence-corrected chi connectivity index (χ4v) is 5.71. The fraction of sp³-hybridized carbons (Fsp3) is 0.538. The highest BCUT2D eigenvalue weighted by molar-refractivity contribution is 8.00. The van der Waals surface area contributed by atoms with E-state index in [1.54, 1.807) is 34.3 Å². The van der Waals surface area contributed by atoms with E-state index in [0.717, 1.165) is 5.75 Å². The van der Waals surface area contributed by atoms with Crippen molar-refractivity contribution < 1.29 is 8.42 Å². The summed E-state index contributed by atoms with van der Waals surface area (Å²) in [6, 6.07) is 4.70. The third-order valence-corrected chi connectivity index (χ3v) is 7.57. The van der Waals surface area contributed by atoms with Crippen molar-refractivity contribution in [2.45, 2.75) is 35.9 Å². The van der Waals surface area contributed by atoms with Gasteiger partial charge in [-0.2, -0.15) is 16.1 Å². The maximum atomic E-state index is 12.8. The number of halogens is 2. The van der Waals surface area contributed by atoms with Crippen molar-refractivity contribution in [2.24, 2.45) is 0 Å². The quantitative estimate of drug-likeness (QED) is 0.779. The summed E-state index contributed by atoms with van der Waals surface area (Å²) in [5.74, 6) is 1.02. The average molecular weight is 354 g/mol. The first kappa shape index (κ1) is 16.4. The van der Waals surface area contributed by atoms with E-state index >= 15 is 0 Å². The van der Waals surface area contributed by atoms with Gasteiger partial charge in [-0.15, -0.1) is 11.6 Å². The first-order chi connectivity index (χ1) is 9.37. The number of hydrogen-bond acceptors (Lipinski definition) is 3. The van der Waals surface area contributed by atoms with E-state index in [1.165, 1.54) is 0 Å². The van der Waals surface area contributed by atoms with Crippen LogP contribution in [0, 0.1) is 0 Å². The summed E-state index contributed by atoms with van der Waals surface area (Å²) >= 11 is 13.6. The summed E-state index contributed by atoms with van der Waals surface area (Å²) in [5.41, 5.74) is 0.640. The fourth-order valence-electron chi connectivity index (χ4n) is 2.19. The Labute approximate surface area is 134 Å². The third-order valence-electron chi connectivity index (χ3n) is 3.59. The van der Waals surface area contributed by atoms with Crippen LogP contribution in [0.4, 0.5) is 0 Å². The molecule has 0 spiro atoms. The Morgan fingerprint density at radius 2 is 2.10 bits per heavy atom. The summed E-state index contributed by atoms with van der Waals surface area (Å²) in [6.07, 6.45) is 0. The molecule has 2 atom stereocenters. The van der Waals surface area contributed by atoms with Gasteiger partial charge >= 0.3 is 0 Å². The minimum Gasteiger partial charge on any atom is -0.207 e. The summed E-state index contributed by atoms with van der Waals surface area (Å²) in [5, 5.41) is 0.785. The van der Waals surface area contributed by atoms with E-state index in [9.17, 15) is 8.42 Å². The average Bonchev–Trinajstić information content (AvgIpc) is 2.42. The van der Waals surface area contributed by atoms with Gasteiger partial charge in [0.1, 0.15) is 0 Å². The molecule has 1 fully saturated rings. The summed E-state index contributed by atoms with van der Waals surface area (Å²) in [4.78, 5) is 0.267. The van der Waals surface area contributed by atoms with Crippen LogP contribution >= 0.6 is 35.0 Å². The first-order valence-electron chi connectivity index (χ1n) is 6.35.